The molecule has 0 saturated heterocycles. The van der Waals surface area contributed by atoms with E-state index in [1.165, 1.54) is 0 Å². The first-order chi connectivity index (χ1) is 12.3. The lowest BCUT2D eigenvalue weighted by molar-refractivity contribution is 0.511. The van der Waals surface area contributed by atoms with Crippen LogP contribution in [0.2, 0.25) is 0 Å². The van der Waals surface area contributed by atoms with Crippen molar-refractivity contribution in [1.29, 1.82) is 0 Å². The van der Waals surface area contributed by atoms with Gasteiger partial charge < -0.3 is 15.0 Å². The standard InChI is InChI=1S/C18H14N6O/c25-15(11-3-4-13-14(8-11)22-10-21-13)9-16-23-17-12(2-1-5-19-17)18-20-6-7-24(16)18/h1-5,8-10,25H,6-7H2,(H,21,22)/b15-9-. The molecule has 0 bridgehead atoms. The molecule has 7 nitrogen and oxygen atoms in total. The molecule has 3 aromatic rings. The first kappa shape index (κ1) is 13.9. The molecule has 122 valence electrons. The number of aliphatic hydroxyl groups is 1. The molecule has 5 rings (SSSR count). The van der Waals surface area contributed by atoms with Crippen LogP contribution < -0.4 is 0 Å². The molecule has 4 heterocycles. The number of hydrogen-bond donors (Lipinski definition) is 2. The number of pyridine rings is 1. The maximum absolute atomic E-state index is 10.6. The average Bonchev–Trinajstić information content (AvgIpc) is 3.30. The summed E-state index contributed by atoms with van der Waals surface area (Å²) in [6.45, 7) is 1.45. The Kier molecular flexibility index (Phi) is 2.93. The topological polar surface area (TPSA) is 89.8 Å². The zero-order valence-corrected chi connectivity index (χ0v) is 13.2. The number of nitrogens with zero attached hydrogens (tertiary/aromatic N) is 5. The van der Waals surface area contributed by atoms with E-state index in [-0.39, 0.29) is 5.76 Å². The van der Waals surface area contributed by atoms with Crippen molar-refractivity contribution in [3.63, 3.8) is 0 Å². The Bertz CT molecular complexity index is 1080. The summed E-state index contributed by atoms with van der Waals surface area (Å²) in [5.74, 6) is 2.26. The largest absolute Gasteiger partial charge is 0.507 e. The third-order valence-corrected chi connectivity index (χ3v) is 4.35. The molecule has 0 amide bonds. The minimum absolute atomic E-state index is 0.134. The highest BCUT2D eigenvalue weighted by Crippen LogP contribution is 2.27. The van der Waals surface area contributed by atoms with Crippen LogP contribution in [-0.4, -0.2) is 49.7 Å². The predicted molar refractivity (Wildman–Crippen MR) is 96.1 cm³/mol. The van der Waals surface area contributed by atoms with E-state index < -0.39 is 0 Å². The fourth-order valence-corrected chi connectivity index (χ4v) is 3.14. The molecule has 0 aliphatic carbocycles. The summed E-state index contributed by atoms with van der Waals surface area (Å²) in [7, 11) is 0. The van der Waals surface area contributed by atoms with Crippen molar-refractivity contribution < 1.29 is 5.11 Å². The number of fused-ring (bicyclic) bond motifs is 4. The van der Waals surface area contributed by atoms with E-state index in [4.69, 9.17) is 0 Å². The second-order valence-corrected chi connectivity index (χ2v) is 5.87. The zero-order chi connectivity index (χ0) is 16.8. The minimum atomic E-state index is 0.134. The van der Waals surface area contributed by atoms with Crippen molar-refractivity contribution in [3.8, 4) is 0 Å². The Labute approximate surface area is 143 Å². The highest BCUT2D eigenvalue weighted by atomic mass is 16.3. The van der Waals surface area contributed by atoms with Gasteiger partial charge >= 0.3 is 0 Å². The Morgan fingerprint density at radius 2 is 2.20 bits per heavy atom. The third kappa shape index (κ3) is 2.20. The molecule has 0 fully saturated rings. The van der Waals surface area contributed by atoms with Crippen LogP contribution >= 0.6 is 0 Å². The number of imidazole rings is 1. The molecule has 2 N–H and O–H groups in total. The number of H-pyrrole nitrogens is 1. The quantitative estimate of drug-likeness (QED) is 0.707. The SMILES string of the molecule is O/C(=C\C1=Nc2ncccc2C2=NCCN12)c1ccc2[nH]cnc2c1. The normalized spacial score (nSPS) is 16.5. The number of aromatic nitrogens is 3. The summed E-state index contributed by atoms with van der Waals surface area (Å²) in [6, 6.07) is 9.43. The molecule has 25 heavy (non-hydrogen) atoms. The van der Waals surface area contributed by atoms with E-state index in [2.05, 4.69) is 24.9 Å². The summed E-state index contributed by atoms with van der Waals surface area (Å²) >= 11 is 0. The van der Waals surface area contributed by atoms with Gasteiger partial charge in [-0.25, -0.2) is 15.0 Å². The van der Waals surface area contributed by atoms with E-state index in [0.29, 0.717) is 23.8 Å². The zero-order valence-electron chi connectivity index (χ0n) is 13.2. The predicted octanol–water partition coefficient (Wildman–Crippen LogP) is 2.66. The monoisotopic (exact) mass is 330 g/mol. The summed E-state index contributed by atoms with van der Waals surface area (Å²) in [6.07, 6.45) is 5.00. The Balaban J connectivity index is 1.59. The van der Waals surface area contributed by atoms with Gasteiger partial charge in [0.15, 0.2) is 5.82 Å². The van der Waals surface area contributed by atoms with Gasteiger partial charge in [-0.1, -0.05) is 0 Å². The van der Waals surface area contributed by atoms with Crippen molar-refractivity contribution in [2.75, 3.05) is 13.1 Å². The van der Waals surface area contributed by atoms with Crippen molar-refractivity contribution in [3.05, 3.63) is 60.1 Å². The van der Waals surface area contributed by atoms with Crippen LogP contribution in [0, 0.1) is 0 Å². The third-order valence-electron chi connectivity index (χ3n) is 4.35. The van der Waals surface area contributed by atoms with Gasteiger partial charge in [-0.15, -0.1) is 0 Å². The molecule has 0 unspecified atom stereocenters. The molecule has 2 aromatic heterocycles. The lowest BCUT2D eigenvalue weighted by Gasteiger charge is -2.25. The number of amidine groups is 2. The lowest BCUT2D eigenvalue weighted by atomic mass is 10.1. The van der Waals surface area contributed by atoms with E-state index in [0.717, 1.165) is 29.0 Å². The van der Waals surface area contributed by atoms with Crippen LogP contribution in [0.15, 0.2) is 58.9 Å². The molecule has 2 aliphatic heterocycles. The highest BCUT2D eigenvalue weighted by molar-refractivity contribution is 6.19. The van der Waals surface area contributed by atoms with Gasteiger partial charge in [-0.3, -0.25) is 4.99 Å². The Morgan fingerprint density at radius 3 is 3.16 bits per heavy atom. The molecule has 0 saturated carbocycles. The van der Waals surface area contributed by atoms with E-state index in [1.54, 1.807) is 18.6 Å². The second kappa shape index (κ2) is 5.27. The maximum Gasteiger partial charge on any atom is 0.165 e. The summed E-state index contributed by atoms with van der Waals surface area (Å²) in [4.78, 5) is 22.8. The molecule has 2 aliphatic rings. The van der Waals surface area contributed by atoms with Crippen LogP contribution in [-0.2, 0) is 0 Å². The molecular formula is C18H14N6O. The smallest absolute Gasteiger partial charge is 0.165 e. The van der Waals surface area contributed by atoms with Crippen LogP contribution in [0.4, 0.5) is 5.82 Å². The van der Waals surface area contributed by atoms with Gasteiger partial charge in [-0.2, -0.15) is 0 Å². The molecule has 7 heteroatoms. The Morgan fingerprint density at radius 1 is 1.24 bits per heavy atom. The highest BCUT2D eigenvalue weighted by Gasteiger charge is 2.29. The van der Waals surface area contributed by atoms with Crippen molar-refractivity contribution in [2.24, 2.45) is 9.98 Å². The van der Waals surface area contributed by atoms with Crippen molar-refractivity contribution in [2.45, 2.75) is 0 Å². The number of aromatic amines is 1. The van der Waals surface area contributed by atoms with Gasteiger partial charge in [0, 0.05) is 24.4 Å². The van der Waals surface area contributed by atoms with Gasteiger partial charge in [0.2, 0.25) is 0 Å². The first-order valence-corrected chi connectivity index (χ1v) is 8.00. The number of nitrogens with one attached hydrogen (secondary N) is 1. The summed E-state index contributed by atoms with van der Waals surface area (Å²) in [5, 5.41) is 10.6. The van der Waals surface area contributed by atoms with Crippen LogP contribution in [0.1, 0.15) is 11.1 Å². The van der Waals surface area contributed by atoms with E-state index >= 15 is 0 Å². The number of aliphatic imine (C=N–C) groups is 2. The minimum Gasteiger partial charge on any atom is -0.507 e. The number of rotatable bonds is 2. The lowest BCUT2D eigenvalue weighted by Crippen LogP contribution is -2.36. The molecule has 0 atom stereocenters. The molecular weight excluding hydrogens is 316 g/mol. The molecule has 0 radical (unpaired) electrons. The number of benzene rings is 1. The Hall–Kier alpha value is -3.48. The number of hydrogen-bond acceptors (Lipinski definition) is 6. The second-order valence-electron chi connectivity index (χ2n) is 5.87. The van der Waals surface area contributed by atoms with Gasteiger partial charge in [0.25, 0.3) is 0 Å². The van der Waals surface area contributed by atoms with Crippen molar-refractivity contribution >= 4 is 34.3 Å². The van der Waals surface area contributed by atoms with Crippen molar-refractivity contribution in [1.82, 2.24) is 19.9 Å². The maximum atomic E-state index is 10.6. The summed E-state index contributed by atoms with van der Waals surface area (Å²) in [5.41, 5.74) is 3.35. The van der Waals surface area contributed by atoms with E-state index in [1.807, 2.05) is 35.2 Å². The fraction of sp³-hybridized carbons (Fsp3) is 0.111. The van der Waals surface area contributed by atoms with Crippen LogP contribution in [0.3, 0.4) is 0 Å². The molecule has 1 aromatic carbocycles. The van der Waals surface area contributed by atoms with Gasteiger partial charge in [-0.05, 0) is 30.3 Å². The average molecular weight is 330 g/mol. The van der Waals surface area contributed by atoms with Gasteiger partial charge in [0.05, 0.1) is 29.5 Å². The first-order valence-electron chi connectivity index (χ1n) is 8.00. The summed E-state index contributed by atoms with van der Waals surface area (Å²) < 4.78 is 0. The van der Waals surface area contributed by atoms with E-state index in [9.17, 15) is 5.11 Å². The molecule has 0 spiro atoms. The van der Waals surface area contributed by atoms with Crippen LogP contribution in [0.25, 0.3) is 16.8 Å². The number of aliphatic hydroxyl groups excluding tert-OH is 1. The van der Waals surface area contributed by atoms with Gasteiger partial charge in [0.1, 0.15) is 17.4 Å². The fourth-order valence-electron chi connectivity index (χ4n) is 3.14. The van der Waals surface area contributed by atoms with Crippen LogP contribution in [0.5, 0.6) is 0 Å².